The fraction of sp³-hybridized carbons (Fsp3) is 0.500. The molecular weight excluding hydrogens is 212 g/mol. The summed E-state index contributed by atoms with van der Waals surface area (Å²) in [5.41, 5.74) is 10.4. The molecule has 0 aliphatic heterocycles. The van der Waals surface area contributed by atoms with E-state index in [0.717, 1.165) is 35.4 Å². The number of nitrogens with two attached hydrogens (primary N) is 1. The number of nitrogens with zero attached hydrogens (tertiary/aromatic N) is 1. The minimum Gasteiger partial charge on any atom is -0.440 e. The first-order valence-electron chi connectivity index (χ1n) is 6.28. The van der Waals surface area contributed by atoms with Crippen LogP contribution in [0.15, 0.2) is 16.5 Å². The van der Waals surface area contributed by atoms with E-state index in [2.05, 4.69) is 31.0 Å². The first-order chi connectivity index (χ1) is 8.15. The highest BCUT2D eigenvalue weighted by atomic mass is 16.3. The third-order valence-corrected chi connectivity index (χ3v) is 3.72. The molecule has 2 atom stereocenters. The van der Waals surface area contributed by atoms with Gasteiger partial charge in [0.05, 0.1) is 5.92 Å². The van der Waals surface area contributed by atoms with Gasteiger partial charge in [-0.05, 0) is 43.9 Å². The molecule has 2 aromatic rings. The second kappa shape index (κ2) is 3.84. The third-order valence-electron chi connectivity index (χ3n) is 3.72. The molecule has 90 valence electrons. The van der Waals surface area contributed by atoms with Crippen molar-refractivity contribution in [3.8, 4) is 0 Å². The summed E-state index contributed by atoms with van der Waals surface area (Å²) in [6.45, 7) is 4.15. The molecule has 3 heteroatoms. The van der Waals surface area contributed by atoms with Gasteiger partial charge in [-0.1, -0.05) is 12.5 Å². The topological polar surface area (TPSA) is 52.0 Å². The fourth-order valence-electron chi connectivity index (χ4n) is 2.85. The zero-order chi connectivity index (χ0) is 12.0. The van der Waals surface area contributed by atoms with Gasteiger partial charge in [-0.3, -0.25) is 0 Å². The van der Waals surface area contributed by atoms with Gasteiger partial charge in [0.25, 0.3) is 0 Å². The maximum Gasteiger partial charge on any atom is 0.200 e. The third kappa shape index (κ3) is 1.75. The van der Waals surface area contributed by atoms with Crippen LogP contribution in [0.4, 0.5) is 0 Å². The van der Waals surface area contributed by atoms with Crippen LogP contribution in [-0.4, -0.2) is 11.0 Å². The van der Waals surface area contributed by atoms with E-state index >= 15 is 0 Å². The molecule has 0 amide bonds. The van der Waals surface area contributed by atoms with E-state index in [-0.39, 0.29) is 6.04 Å². The molecular formula is C14H18N2O. The molecule has 1 saturated carbocycles. The maximum absolute atomic E-state index is 6.10. The Morgan fingerprint density at radius 2 is 2.12 bits per heavy atom. The Bertz CT molecular complexity index is 559. The van der Waals surface area contributed by atoms with Crippen molar-refractivity contribution < 1.29 is 4.42 Å². The van der Waals surface area contributed by atoms with Crippen LogP contribution in [0.1, 0.15) is 42.2 Å². The van der Waals surface area contributed by atoms with Crippen molar-refractivity contribution in [2.24, 2.45) is 5.73 Å². The molecule has 1 aliphatic rings. The van der Waals surface area contributed by atoms with E-state index in [9.17, 15) is 0 Å². The van der Waals surface area contributed by atoms with Gasteiger partial charge in [-0.2, -0.15) is 0 Å². The number of fused-ring (bicyclic) bond motifs is 1. The fourth-order valence-corrected chi connectivity index (χ4v) is 2.85. The largest absolute Gasteiger partial charge is 0.440 e. The summed E-state index contributed by atoms with van der Waals surface area (Å²) in [7, 11) is 0. The number of hydrogen-bond donors (Lipinski definition) is 1. The summed E-state index contributed by atoms with van der Waals surface area (Å²) in [5, 5.41) is 0. The van der Waals surface area contributed by atoms with Gasteiger partial charge in [0.2, 0.25) is 0 Å². The average molecular weight is 230 g/mol. The molecule has 1 fully saturated rings. The van der Waals surface area contributed by atoms with Crippen molar-refractivity contribution in [2.75, 3.05) is 0 Å². The number of rotatable bonds is 1. The highest BCUT2D eigenvalue weighted by molar-refractivity contribution is 5.77. The second-order valence-corrected chi connectivity index (χ2v) is 5.18. The Morgan fingerprint density at radius 3 is 2.82 bits per heavy atom. The normalized spacial score (nSPS) is 24.6. The van der Waals surface area contributed by atoms with Gasteiger partial charge in [-0.25, -0.2) is 4.98 Å². The predicted molar refractivity (Wildman–Crippen MR) is 68.1 cm³/mol. The van der Waals surface area contributed by atoms with E-state index in [4.69, 9.17) is 10.2 Å². The Morgan fingerprint density at radius 1 is 1.29 bits per heavy atom. The van der Waals surface area contributed by atoms with E-state index in [0.29, 0.717) is 5.92 Å². The minimum atomic E-state index is 0.212. The van der Waals surface area contributed by atoms with Gasteiger partial charge >= 0.3 is 0 Å². The van der Waals surface area contributed by atoms with Crippen LogP contribution in [0.3, 0.4) is 0 Å². The van der Waals surface area contributed by atoms with Crippen molar-refractivity contribution in [3.05, 3.63) is 29.2 Å². The van der Waals surface area contributed by atoms with Gasteiger partial charge < -0.3 is 10.2 Å². The Hall–Kier alpha value is -1.35. The summed E-state index contributed by atoms with van der Waals surface area (Å²) < 4.78 is 5.92. The Labute approximate surface area is 101 Å². The van der Waals surface area contributed by atoms with Gasteiger partial charge in [-0.15, -0.1) is 0 Å². The lowest BCUT2D eigenvalue weighted by atomic mass is 10.1. The predicted octanol–water partition coefficient (Wildman–Crippen LogP) is 3.04. The van der Waals surface area contributed by atoms with Crippen molar-refractivity contribution in [1.82, 2.24) is 4.98 Å². The molecule has 0 bridgehead atoms. The Kier molecular flexibility index (Phi) is 2.44. The summed E-state index contributed by atoms with van der Waals surface area (Å²) in [4.78, 5) is 4.62. The minimum absolute atomic E-state index is 0.212. The first kappa shape index (κ1) is 10.8. The summed E-state index contributed by atoms with van der Waals surface area (Å²) in [6, 6.07) is 4.42. The van der Waals surface area contributed by atoms with Crippen molar-refractivity contribution in [2.45, 2.75) is 45.1 Å². The quantitative estimate of drug-likeness (QED) is 0.819. The molecule has 1 heterocycles. The molecule has 3 nitrogen and oxygen atoms in total. The first-order valence-corrected chi connectivity index (χ1v) is 6.28. The van der Waals surface area contributed by atoms with Gasteiger partial charge in [0.15, 0.2) is 11.5 Å². The molecule has 0 saturated heterocycles. The lowest BCUT2D eigenvalue weighted by molar-refractivity contribution is 0.448. The Balaban J connectivity index is 2.10. The lowest BCUT2D eigenvalue weighted by Gasteiger charge is -2.09. The second-order valence-electron chi connectivity index (χ2n) is 5.18. The van der Waals surface area contributed by atoms with Crippen LogP contribution < -0.4 is 5.73 Å². The lowest BCUT2D eigenvalue weighted by Crippen LogP contribution is -2.22. The highest BCUT2D eigenvalue weighted by Crippen LogP contribution is 2.35. The molecule has 1 aliphatic carbocycles. The summed E-state index contributed by atoms with van der Waals surface area (Å²) in [5.74, 6) is 1.14. The SMILES string of the molecule is Cc1cc(C)c2oc(C3CCCC3N)nc2c1. The van der Waals surface area contributed by atoms with E-state index in [1.54, 1.807) is 0 Å². The van der Waals surface area contributed by atoms with Crippen molar-refractivity contribution >= 4 is 11.1 Å². The van der Waals surface area contributed by atoms with Crippen LogP contribution in [0.5, 0.6) is 0 Å². The number of oxazole rings is 1. The van der Waals surface area contributed by atoms with Crippen LogP contribution in [0.2, 0.25) is 0 Å². The number of aryl methyl sites for hydroxylation is 2. The molecule has 0 spiro atoms. The standard InChI is InChI=1S/C14H18N2O/c1-8-6-9(2)13-12(7-8)16-14(17-13)10-4-3-5-11(10)15/h6-7,10-11H,3-5,15H2,1-2H3. The smallest absolute Gasteiger partial charge is 0.200 e. The van der Waals surface area contributed by atoms with Crippen LogP contribution in [0.25, 0.3) is 11.1 Å². The molecule has 17 heavy (non-hydrogen) atoms. The van der Waals surface area contributed by atoms with E-state index in [1.165, 1.54) is 12.0 Å². The summed E-state index contributed by atoms with van der Waals surface area (Å²) >= 11 is 0. The van der Waals surface area contributed by atoms with Crippen LogP contribution in [-0.2, 0) is 0 Å². The van der Waals surface area contributed by atoms with E-state index in [1.807, 2.05) is 0 Å². The average Bonchev–Trinajstić information content (AvgIpc) is 2.83. The number of hydrogen-bond acceptors (Lipinski definition) is 3. The zero-order valence-electron chi connectivity index (χ0n) is 10.4. The van der Waals surface area contributed by atoms with Gasteiger partial charge in [0, 0.05) is 6.04 Å². The van der Waals surface area contributed by atoms with Crippen molar-refractivity contribution in [1.29, 1.82) is 0 Å². The van der Waals surface area contributed by atoms with Crippen LogP contribution in [0, 0.1) is 13.8 Å². The van der Waals surface area contributed by atoms with Crippen molar-refractivity contribution in [3.63, 3.8) is 0 Å². The molecule has 1 aromatic heterocycles. The number of aromatic nitrogens is 1. The monoisotopic (exact) mass is 230 g/mol. The number of benzene rings is 1. The zero-order valence-corrected chi connectivity index (χ0v) is 10.4. The summed E-state index contributed by atoms with van der Waals surface area (Å²) in [6.07, 6.45) is 3.37. The molecule has 1 aromatic carbocycles. The van der Waals surface area contributed by atoms with E-state index < -0.39 is 0 Å². The highest BCUT2D eigenvalue weighted by Gasteiger charge is 2.29. The molecule has 2 unspecified atom stereocenters. The molecule has 0 radical (unpaired) electrons. The van der Waals surface area contributed by atoms with Crippen LogP contribution >= 0.6 is 0 Å². The molecule has 3 rings (SSSR count). The molecule has 2 N–H and O–H groups in total. The van der Waals surface area contributed by atoms with Gasteiger partial charge in [0.1, 0.15) is 5.52 Å². The maximum atomic E-state index is 6.10.